The van der Waals surface area contributed by atoms with Crippen LogP contribution in [-0.2, 0) is 16.5 Å². The number of halogens is 3. The molecule has 0 bridgehead atoms. The zero-order chi connectivity index (χ0) is 18.0. The minimum Gasteiger partial charge on any atom is -0.373 e. The van der Waals surface area contributed by atoms with Crippen LogP contribution < -0.4 is 4.18 Å². The van der Waals surface area contributed by atoms with Gasteiger partial charge in [0.25, 0.3) is 0 Å². The van der Waals surface area contributed by atoms with E-state index in [1.807, 2.05) is 0 Å². The molecule has 0 fully saturated rings. The van der Waals surface area contributed by atoms with Crippen molar-refractivity contribution in [3.63, 3.8) is 0 Å². The normalized spacial score (nSPS) is 12.0. The molecular weight excluding hydrogens is 347 g/mol. The summed E-state index contributed by atoms with van der Waals surface area (Å²) in [5, 5.41) is 0. The molecule has 2 aromatic rings. The minimum absolute atomic E-state index is 0.00141. The van der Waals surface area contributed by atoms with Gasteiger partial charge in [-0.25, -0.2) is 0 Å². The van der Waals surface area contributed by atoms with E-state index in [9.17, 15) is 21.6 Å². The van der Waals surface area contributed by atoms with E-state index in [4.69, 9.17) is 0 Å². The van der Waals surface area contributed by atoms with E-state index in [0.29, 0.717) is 5.57 Å². The van der Waals surface area contributed by atoms with Crippen molar-refractivity contribution in [2.24, 2.45) is 0 Å². The average molecular weight is 359 g/mol. The van der Waals surface area contributed by atoms with Gasteiger partial charge in [0.05, 0.1) is 17.6 Å². The maximum absolute atomic E-state index is 12.7. The van der Waals surface area contributed by atoms with Gasteiger partial charge in [0.1, 0.15) is 0 Å². The summed E-state index contributed by atoms with van der Waals surface area (Å²) in [4.78, 5) is 11.7. The maximum atomic E-state index is 12.7. The van der Waals surface area contributed by atoms with Crippen LogP contribution >= 0.6 is 0 Å². The average Bonchev–Trinajstić information content (AvgIpc) is 2.48. The molecule has 0 amide bonds. The van der Waals surface area contributed by atoms with Gasteiger partial charge in [-0.05, 0) is 13.0 Å². The summed E-state index contributed by atoms with van der Waals surface area (Å²) in [7, 11) is -5.86. The number of pyridine rings is 1. The molecule has 0 radical (unpaired) electrons. The first kappa shape index (κ1) is 17.9. The predicted octanol–water partition coefficient (Wildman–Crippen LogP) is 2.89. The van der Waals surface area contributed by atoms with Crippen LogP contribution in [0.15, 0.2) is 43.0 Å². The Morgan fingerprint density at radius 2 is 1.96 bits per heavy atom. The van der Waals surface area contributed by atoms with Gasteiger partial charge in [-0.1, -0.05) is 12.2 Å². The zero-order valence-corrected chi connectivity index (χ0v) is 13.2. The molecule has 2 heterocycles. The van der Waals surface area contributed by atoms with Gasteiger partial charge < -0.3 is 4.18 Å². The van der Waals surface area contributed by atoms with Crippen molar-refractivity contribution in [1.29, 1.82) is 0 Å². The Labute approximate surface area is 136 Å². The van der Waals surface area contributed by atoms with E-state index in [-0.39, 0.29) is 23.4 Å². The maximum Gasteiger partial charge on any atom is 0.534 e. The molecule has 2 aromatic heterocycles. The monoisotopic (exact) mass is 359 g/mol. The lowest BCUT2D eigenvalue weighted by Crippen LogP contribution is -2.28. The second-order valence-electron chi connectivity index (χ2n) is 4.84. The van der Waals surface area contributed by atoms with E-state index in [1.54, 1.807) is 6.92 Å². The molecule has 0 N–H and O–H groups in total. The highest BCUT2D eigenvalue weighted by Crippen LogP contribution is 2.35. The van der Waals surface area contributed by atoms with Crippen molar-refractivity contribution in [2.45, 2.75) is 18.9 Å². The topological polar surface area (TPSA) is 82.0 Å². The van der Waals surface area contributed by atoms with E-state index in [2.05, 4.69) is 25.7 Å². The Morgan fingerprint density at radius 3 is 2.50 bits per heavy atom. The first-order valence-electron chi connectivity index (χ1n) is 6.51. The van der Waals surface area contributed by atoms with E-state index >= 15 is 0 Å². The fourth-order valence-corrected chi connectivity index (χ4v) is 2.29. The Balaban J connectivity index is 2.63. The molecule has 24 heavy (non-hydrogen) atoms. The van der Waals surface area contributed by atoms with E-state index in [1.165, 1.54) is 30.9 Å². The standard InChI is InChI=1S/C14H12F3N3O3S/c1-9(2)7-11-13(23-24(21,22)14(15,16)17)10(3-4-19-11)12-8-18-5-6-20-12/h3-6,8H,1,7H2,2H3. The van der Waals surface area contributed by atoms with Crippen molar-refractivity contribution in [1.82, 2.24) is 15.0 Å². The van der Waals surface area contributed by atoms with Gasteiger partial charge in [-0.3, -0.25) is 15.0 Å². The van der Waals surface area contributed by atoms with Gasteiger partial charge in [0.2, 0.25) is 0 Å². The number of alkyl halides is 3. The lowest BCUT2D eigenvalue weighted by Gasteiger charge is -2.15. The van der Waals surface area contributed by atoms with Gasteiger partial charge in [0, 0.05) is 30.6 Å². The highest BCUT2D eigenvalue weighted by atomic mass is 32.2. The SMILES string of the molecule is C=C(C)Cc1nccc(-c2cnccn2)c1OS(=O)(=O)C(F)(F)F. The Morgan fingerprint density at radius 1 is 1.25 bits per heavy atom. The van der Waals surface area contributed by atoms with Crippen LogP contribution in [0.25, 0.3) is 11.3 Å². The number of aromatic nitrogens is 3. The first-order chi connectivity index (χ1) is 11.1. The third-order valence-corrected chi connectivity index (χ3v) is 3.72. The van der Waals surface area contributed by atoms with Crippen molar-refractivity contribution in [3.05, 3.63) is 48.7 Å². The number of rotatable bonds is 5. The number of allylic oxidation sites excluding steroid dienone is 1. The highest BCUT2D eigenvalue weighted by Gasteiger charge is 2.49. The molecule has 0 aliphatic heterocycles. The molecule has 128 valence electrons. The van der Waals surface area contributed by atoms with Crippen LogP contribution in [0.1, 0.15) is 12.6 Å². The van der Waals surface area contributed by atoms with Crippen LogP contribution in [0.2, 0.25) is 0 Å². The summed E-state index contributed by atoms with van der Waals surface area (Å²) >= 11 is 0. The fraction of sp³-hybridized carbons (Fsp3) is 0.214. The summed E-state index contributed by atoms with van der Waals surface area (Å²) in [6, 6.07) is 1.30. The number of hydrogen-bond donors (Lipinski definition) is 0. The highest BCUT2D eigenvalue weighted by molar-refractivity contribution is 7.88. The molecule has 6 nitrogen and oxygen atoms in total. The van der Waals surface area contributed by atoms with Crippen molar-refractivity contribution in [3.8, 4) is 17.0 Å². The summed E-state index contributed by atoms with van der Waals surface area (Å²) < 4.78 is 65.2. The molecule has 0 atom stereocenters. The molecule has 0 aromatic carbocycles. The molecule has 0 saturated heterocycles. The lowest BCUT2D eigenvalue weighted by atomic mass is 10.1. The van der Waals surface area contributed by atoms with Crippen molar-refractivity contribution < 1.29 is 25.8 Å². The quantitative estimate of drug-likeness (QED) is 0.464. The van der Waals surface area contributed by atoms with Crippen molar-refractivity contribution in [2.75, 3.05) is 0 Å². The molecule has 0 aliphatic rings. The van der Waals surface area contributed by atoms with Crippen LogP contribution in [0.3, 0.4) is 0 Å². The summed E-state index contributed by atoms with van der Waals surface area (Å²) in [6.07, 6.45) is 5.31. The molecule has 0 spiro atoms. The second kappa shape index (κ2) is 6.56. The summed E-state index contributed by atoms with van der Waals surface area (Å²) in [5.41, 5.74) is -4.83. The van der Waals surface area contributed by atoms with Crippen LogP contribution in [0.5, 0.6) is 5.75 Å². The Hall–Kier alpha value is -2.49. The van der Waals surface area contributed by atoms with Gasteiger partial charge in [-0.15, -0.1) is 0 Å². The lowest BCUT2D eigenvalue weighted by molar-refractivity contribution is -0.0500. The molecule has 2 rings (SSSR count). The summed E-state index contributed by atoms with van der Waals surface area (Å²) in [5.74, 6) is -0.543. The molecule has 0 unspecified atom stereocenters. The zero-order valence-electron chi connectivity index (χ0n) is 12.4. The molecular formula is C14H12F3N3O3S. The Kier molecular flexibility index (Phi) is 4.88. The van der Waals surface area contributed by atoms with Gasteiger partial charge in [0.15, 0.2) is 5.75 Å². The largest absolute Gasteiger partial charge is 0.534 e. The fourth-order valence-electron chi connectivity index (χ4n) is 1.79. The minimum atomic E-state index is -5.86. The predicted molar refractivity (Wildman–Crippen MR) is 79.4 cm³/mol. The van der Waals surface area contributed by atoms with Gasteiger partial charge >= 0.3 is 15.6 Å². The third kappa shape index (κ3) is 3.88. The molecule has 10 heteroatoms. The van der Waals surface area contributed by atoms with Gasteiger partial charge in [-0.2, -0.15) is 21.6 Å². The van der Waals surface area contributed by atoms with Crippen molar-refractivity contribution >= 4 is 10.1 Å². The first-order valence-corrected chi connectivity index (χ1v) is 7.92. The Bertz CT molecular complexity index is 853. The number of nitrogens with zero attached hydrogens (tertiary/aromatic N) is 3. The second-order valence-corrected chi connectivity index (χ2v) is 6.38. The number of hydrogen-bond acceptors (Lipinski definition) is 6. The summed E-state index contributed by atoms with van der Waals surface area (Å²) in [6.45, 7) is 5.27. The van der Waals surface area contributed by atoms with Crippen LogP contribution in [0.4, 0.5) is 13.2 Å². The van der Waals surface area contributed by atoms with Crippen LogP contribution in [-0.4, -0.2) is 28.9 Å². The van der Waals surface area contributed by atoms with E-state index < -0.39 is 21.4 Å². The smallest absolute Gasteiger partial charge is 0.373 e. The van der Waals surface area contributed by atoms with E-state index in [0.717, 1.165) is 0 Å². The molecule has 0 saturated carbocycles. The van der Waals surface area contributed by atoms with Crippen LogP contribution in [0, 0.1) is 0 Å². The molecule has 0 aliphatic carbocycles. The third-order valence-electron chi connectivity index (χ3n) is 2.76.